The van der Waals surface area contributed by atoms with Crippen molar-refractivity contribution < 1.29 is 70.4 Å². The largest absolute Gasteiger partial charge is 3.00 e. The van der Waals surface area contributed by atoms with Gasteiger partial charge in [0.05, 0.1) is 31.8 Å². The van der Waals surface area contributed by atoms with Gasteiger partial charge in [-0.25, -0.2) is 0 Å². The molecule has 0 radical (unpaired) electrons. The Labute approximate surface area is 423 Å². The molecule has 0 aliphatic rings. The van der Waals surface area contributed by atoms with Crippen molar-refractivity contribution in [2.45, 2.75) is 271 Å². The molecule has 0 atom stereocenters. The Kier molecular flexibility index (Phi) is 72.8. The van der Waals surface area contributed by atoms with Crippen LogP contribution >= 0.6 is 0 Å². The maximum Gasteiger partial charge on any atom is 3.00 e. The van der Waals surface area contributed by atoms with Crippen molar-refractivity contribution in [3.8, 4) is 0 Å². The topological polar surface area (TPSA) is 132 Å². The van der Waals surface area contributed by atoms with Crippen LogP contribution in [-0.2, 0) is 52.3 Å². The van der Waals surface area contributed by atoms with E-state index in [4.69, 9.17) is 20.4 Å². The number of carbonyl (C=O) groups excluding carboxylic acids is 3. The van der Waals surface area contributed by atoms with Gasteiger partial charge in [-0.1, -0.05) is 233 Å². The third kappa shape index (κ3) is 69.9. The van der Waals surface area contributed by atoms with Gasteiger partial charge in [0.15, 0.2) is 0 Å². The zero-order chi connectivity index (χ0) is 45.6. The Bertz CT molecular complexity index is 742. The maximum atomic E-state index is 10.5. The second-order valence-corrected chi connectivity index (χ2v) is 18.5. The molecule has 0 bridgehead atoms. The van der Waals surface area contributed by atoms with Crippen LogP contribution in [0.1, 0.15) is 271 Å². The average molecular weight is 1050 g/mol. The normalized spacial score (nSPS) is 10.7. The van der Waals surface area contributed by atoms with Crippen molar-refractivity contribution in [3.05, 3.63) is 0 Å². The molecule has 0 aliphatic heterocycles. The van der Waals surface area contributed by atoms with Crippen molar-refractivity contribution in [2.24, 2.45) is 5.41 Å². The minimum absolute atomic E-state index is 0. The Balaban J connectivity index is -0.000000232. The molecule has 4 N–H and O–H groups in total. The fraction of sp³-hybridized carbons (Fsp3) is 0.940. The Morgan fingerprint density at radius 1 is 0.295 bits per heavy atom. The van der Waals surface area contributed by atoms with Gasteiger partial charge in [-0.15, -0.1) is 0 Å². The molecule has 0 aromatic carbocycles. The van der Waals surface area contributed by atoms with E-state index < -0.39 is 31.8 Å². The van der Waals surface area contributed by atoms with E-state index in [9.17, 15) is 14.4 Å². The first kappa shape index (κ1) is 70.7. The molecule has 0 saturated heterocycles. The van der Waals surface area contributed by atoms with Gasteiger partial charge in [0.1, 0.15) is 0 Å². The molecule has 0 unspecified atom stereocenters. The summed E-state index contributed by atoms with van der Waals surface area (Å²) in [6.45, 7) is 5.17. The molecule has 0 heterocycles. The zero-order valence-corrected chi connectivity index (χ0v) is 46.3. The molecule has 0 saturated carbocycles. The molecule has 11 heteroatoms. The molecule has 0 rings (SSSR count). The number of carbonyl (C=O) groups is 3. The number of rotatable bonds is 43. The molecular formula is C50H99LaO7S3. The van der Waals surface area contributed by atoms with Crippen LogP contribution in [0.3, 0.4) is 0 Å². The summed E-state index contributed by atoms with van der Waals surface area (Å²) in [7, 11) is 0. The van der Waals surface area contributed by atoms with Crippen LogP contribution in [0.2, 0.25) is 0 Å². The molecule has 0 spiro atoms. The molecule has 0 fully saturated rings. The van der Waals surface area contributed by atoms with Crippen LogP contribution in [-0.4, -0.2) is 62.2 Å². The Hall–Kier alpha value is 0.705. The van der Waals surface area contributed by atoms with Gasteiger partial charge in [0.25, 0.3) is 0 Å². The van der Waals surface area contributed by atoms with Crippen molar-refractivity contribution in [1.82, 2.24) is 0 Å². The summed E-state index contributed by atoms with van der Waals surface area (Å²) in [6.07, 6.45) is 49.7. The van der Waals surface area contributed by atoms with Crippen molar-refractivity contribution in [3.63, 3.8) is 0 Å². The minimum Gasteiger partial charge on any atom is -0.742 e. The third-order valence-corrected chi connectivity index (χ3v) is 11.7. The second kappa shape index (κ2) is 62.8. The molecule has 0 aromatic heterocycles. The van der Waals surface area contributed by atoms with Crippen LogP contribution in [0, 0.1) is 41.0 Å². The van der Waals surface area contributed by atoms with Gasteiger partial charge < -0.3 is 72.7 Å². The summed E-state index contributed by atoms with van der Waals surface area (Å²) in [5.74, 6) is 0. The fourth-order valence-electron chi connectivity index (χ4n) is 6.63. The average Bonchev–Trinajstić information content (AvgIpc) is 3.23. The van der Waals surface area contributed by atoms with Crippen molar-refractivity contribution in [1.29, 1.82) is 0 Å². The van der Waals surface area contributed by atoms with Crippen LogP contribution in [0.15, 0.2) is 0 Å². The molecule has 7 nitrogen and oxygen atoms in total. The molecule has 0 aliphatic carbocycles. The minimum atomic E-state index is -1.11. The van der Waals surface area contributed by atoms with E-state index in [-0.39, 0.29) is 50.9 Å². The second-order valence-electron chi connectivity index (χ2n) is 17.2. The molecule has 0 amide bonds. The van der Waals surface area contributed by atoms with Crippen LogP contribution < -0.4 is 0 Å². The van der Waals surface area contributed by atoms with E-state index in [0.29, 0.717) is 19.3 Å². The number of hydrogen-bond donors (Lipinski definition) is 4. The predicted octanol–water partition coefficient (Wildman–Crippen LogP) is 13.4. The maximum absolute atomic E-state index is 10.5. The molecule has 362 valence electrons. The van der Waals surface area contributed by atoms with Crippen molar-refractivity contribution in [2.75, 3.05) is 26.4 Å². The van der Waals surface area contributed by atoms with E-state index >= 15 is 0 Å². The first-order valence-electron chi connectivity index (χ1n) is 25.1. The fourth-order valence-corrected chi connectivity index (χ4v) is 7.06. The van der Waals surface area contributed by atoms with Gasteiger partial charge in [-0.3, -0.25) is 0 Å². The molecule has 0 aromatic rings. The number of unbranched alkanes of at least 4 members (excludes halogenated alkanes) is 33. The summed E-state index contributed by atoms with van der Waals surface area (Å²) < 4.78 is 0. The van der Waals surface area contributed by atoms with E-state index in [1.807, 2.05) is 0 Å². The summed E-state index contributed by atoms with van der Waals surface area (Å²) >= 11 is 13.6. The first-order chi connectivity index (χ1) is 29.1. The first-order valence-corrected chi connectivity index (χ1v) is 26.3. The van der Waals surface area contributed by atoms with Gasteiger partial charge in [-0.05, 0) is 38.5 Å². The van der Waals surface area contributed by atoms with Gasteiger partial charge in [-0.2, -0.15) is 0 Å². The predicted molar refractivity (Wildman–Crippen MR) is 265 cm³/mol. The van der Waals surface area contributed by atoms with Gasteiger partial charge >= 0.3 is 35.6 Å². The quantitative estimate of drug-likeness (QED) is 0.0346. The van der Waals surface area contributed by atoms with Crippen molar-refractivity contribution >= 4 is 53.2 Å². The summed E-state index contributed by atoms with van der Waals surface area (Å²) in [5, 5.41) is 33.8. The van der Waals surface area contributed by atoms with Crippen LogP contribution in [0.4, 0.5) is 0 Å². The van der Waals surface area contributed by atoms with E-state index in [1.165, 1.54) is 212 Å². The van der Waals surface area contributed by atoms with Gasteiger partial charge in [0.2, 0.25) is 0 Å². The van der Waals surface area contributed by atoms with Gasteiger partial charge in [0, 0.05) is 15.3 Å². The van der Waals surface area contributed by atoms with E-state index in [1.54, 1.807) is 0 Å². The monoisotopic (exact) mass is 1050 g/mol. The summed E-state index contributed by atoms with van der Waals surface area (Å²) in [6, 6.07) is 0. The number of aliphatic hydroxyl groups excluding tert-OH is 4. The smallest absolute Gasteiger partial charge is 0.742 e. The number of aliphatic hydroxyl groups is 4. The Morgan fingerprint density at radius 3 is 0.525 bits per heavy atom. The Morgan fingerprint density at radius 2 is 0.426 bits per heavy atom. The van der Waals surface area contributed by atoms with Crippen LogP contribution in [0.25, 0.3) is 0 Å². The zero-order valence-electron chi connectivity index (χ0n) is 40.2. The summed E-state index contributed by atoms with van der Waals surface area (Å²) in [5.41, 5.74) is -1.11. The summed E-state index contributed by atoms with van der Waals surface area (Å²) in [4.78, 5) is 31.6. The van der Waals surface area contributed by atoms with E-state index in [0.717, 1.165) is 19.3 Å². The molecular weight excluding hydrogens is 948 g/mol. The van der Waals surface area contributed by atoms with Crippen LogP contribution in [0.5, 0.6) is 0 Å². The third-order valence-electron chi connectivity index (χ3n) is 11.0. The molecule has 61 heavy (non-hydrogen) atoms. The SMILES string of the molecule is CCCCCCCCCCCCCCC(=O)[S-].CCCCCCCCCCCCCCC(=O)[S-].CCCCCCCCCCCCCCC(=O)[S-].OCC(CO)(CO)CO.[La+3]. The number of hydrogen-bond acceptors (Lipinski definition) is 10. The van der Waals surface area contributed by atoms with E-state index in [2.05, 4.69) is 58.7 Å². The standard InChI is InChI=1S/3C15H30OS.C5H12O4.La/c3*1-2-3-4-5-6-7-8-9-10-11-12-13-14-15(16)17;6-1-5(2-7,3-8)4-9;/h3*2-14H2,1H3,(H,16,17);6-9H,1-4H2;/q;;;;+3/p-3.